The first kappa shape index (κ1) is 29.3. The summed E-state index contributed by atoms with van der Waals surface area (Å²) in [5.41, 5.74) is 13.6. The van der Waals surface area contributed by atoms with Crippen molar-refractivity contribution in [3.63, 3.8) is 0 Å². The molecule has 7 N–H and O–H groups in total. The maximum atomic E-state index is 11.2. The number of nitrogens with two attached hydrogens (primary N) is 2. The highest BCUT2D eigenvalue weighted by atomic mass is 16.4. The lowest BCUT2D eigenvalue weighted by Crippen LogP contribution is -2.68. The van der Waals surface area contributed by atoms with Gasteiger partial charge in [-0.05, 0) is 150 Å². The molecule has 0 aromatic rings. The molecule has 0 saturated heterocycles. The van der Waals surface area contributed by atoms with E-state index in [0.29, 0.717) is 29.7 Å². The Hall–Kier alpha value is -0.690. The van der Waals surface area contributed by atoms with E-state index in [1.165, 1.54) is 64.2 Å². The summed E-state index contributed by atoms with van der Waals surface area (Å²) in [5, 5.41) is 16.6. The molecule has 4 saturated carbocycles. The van der Waals surface area contributed by atoms with Crippen molar-refractivity contribution in [3.05, 3.63) is 0 Å². The number of carbonyl (C=O) groups is 1. The van der Waals surface area contributed by atoms with Crippen LogP contribution in [0.5, 0.6) is 0 Å². The van der Waals surface area contributed by atoms with Crippen molar-refractivity contribution in [1.82, 2.24) is 10.6 Å². The molecule has 6 unspecified atom stereocenters. The Balaban J connectivity index is 1.31. The third kappa shape index (κ3) is 5.93. The molecule has 0 aliphatic heterocycles. The van der Waals surface area contributed by atoms with Crippen LogP contribution in [0.1, 0.15) is 111 Å². The van der Waals surface area contributed by atoms with Crippen LogP contribution < -0.4 is 22.1 Å². The highest BCUT2D eigenvalue weighted by Gasteiger charge is 2.63. The number of carboxylic acid groups (broad SMARTS) is 1. The van der Waals surface area contributed by atoms with E-state index in [4.69, 9.17) is 11.5 Å². The van der Waals surface area contributed by atoms with Gasteiger partial charge in [0.05, 0.1) is 0 Å². The maximum absolute atomic E-state index is 11.2. The van der Waals surface area contributed by atoms with Crippen molar-refractivity contribution in [2.24, 2.45) is 51.9 Å². The van der Waals surface area contributed by atoms with E-state index < -0.39 is 5.97 Å². The third-order valence-electron chi connectivity index (χ3n) is 12.3. The predicted octanol–water partition coefficient (Wildman–Crippen LogP) is 4.90. The standard InChI is InChI=1S/C31H58N4O2/c1-22(7-10-28(36)37)25-8-9-26-24-12-16-31(33)21-23(35-20-6-19-34-18-5-4-17-32)11-15-30(31,3)27(24)13-14-29(25,26)2/h22-27,34-35H,4-21,32-33H2,1-3H3,(H,36,37)/t22?,23-,24?,25?,26?,27?,29?,30-,31-/m1/s1. The first-order chi connectivity index (χ1) is 17.6. The normalized spacial score (nSPS) is 42.0. The number of unbranched alkanes of at least 4 members (excludes halogenated alkanes) is 1. The predicted molar refractivity (Wildman–Crippen MR) is 152 cm³/mol. The number of rotatable bonds is 13. The zero-order valence-corrected chi connectivity index (χ0v) is 24.2. The largest absolute Gasteiger partial charge is 0.481 e. The summed E-state index contributed by atoms with van der Waals surface area (Å²) in [6, 6.07) is 0.562. The van der Waals surface area contributed by atoms with Crippen molar-refractivity contribution in [3.8, 4) is 0 Å². The van der Waals surface area contributed by atoms with Crippen LogP contribution in [0.4, 0.5) is 0 Å². The number of hydrogen-bond acceptors (Lipinski definition) is 5. The SMILES string of the molecule is CC(CCC(=O)O)C1CCC2C3CC[C@@]4(N)C[C@H](NCCCNCCCCN)CC[C@]4(C)C3CCC12C. The minimum atomic E-state index is -0.644. The molecule has 6 nitrogen and oxygen atoms in total. The average molecular weight is 519 g/mol. The van der Waals surface area contributed by atoms with Gasteiger partial charge in [-0.25, -0.2) is 0 Å². The van der Waals surface area contributed by atoms with E-state index in [2.05, 4.69) is 31.4 Å². The third-order valence-corrected chi connectivity index (χ3v) is 12.3. The first-order valence-corrected chi connectivity index (χ1v) is 15.8. The van der Waals surface area contributed by atoms with Gasteiger partial charge < -0.3 is 27.2 Å². The van der Waals surface area contributed by atoms with Gasteiger partial charge in [-0.15, -0.1) is 0 Å². The second kappa shape index (κ2) is 12.2. The molecule has 6 heteroatoms. The van der Waals surface area contributed by atoms with Gasteiger partial charge >= 0.3 is 5.97 Å². The molecular weight excluding hydrogens is 460 g/mol. The monoisotopic (exact) mass is 518 g/mol. The van der Waals surface area contributed by atoms with Gasteiger partial charge in [0.25, 0.3) is 0 Å². The summed E-state index contributed by atoms with van der Waals surface area (Å²) in [6.07, 6.45) is 16.0. The van der Waals surface area contributed by atoms with Crippen LogP contribution in [0, 0.1) is 40.4 Å². The Kier molecular flexibility index (Phi) is 9.68. The summed E-state index contributed by atoms with van der Waals surface area (Å²) < 4.78 is 0. The molecule has 0 aromatic carbocycles. The van der Waals surface area contributed by atoms with Crippen LogP contribution in [0.15, 0.2) is 0 Å². The number of nitrogens with one attached hydrogen (secondary N) is 2. The van der Waals surface area contributed by atoms with E-state index >= 15 is 0 Å². The van der Waals surface area contributed by atoms with Crippen LogP contribution in [-0.2, 0) is 4.79 Å². The molecule has 0 radical (unpaired) electrons. The Morgan fingerprint density at radius 2 is 1.76 bits per heavy atom. The van der Waals surface area contributed by atoms with Crippen LogP contribution >= 0.6 is 0 Å². The van der Waals surface area contributed by atoms with Gasteiger partial charge in [0.2, 0.25) is 0 Å². The maximum Gasteiger partial charge on any atom is 0.303 e. The molecule has 0 spiro atoms. The smallest absolute Gasteiger partial charge is 0.303 e. The van der Waals surface area contributed by atoms with Gasteiger partial charge in [0.1, 0.15) is 0 Å². The fraction of sp³-hybridized carbons (Fsp3) is 0.968. The quantitative estimate of drug-likeness (QED) is 0.222. The van der Waals surface area contributed by atoms with Crippen LogP contribution in [0.2, 0.25) is 0 Å². The minimum absolute atomic E-state index is 0.0366. The Morgan fingerprint density at radius 3 is 2.51 bits per heavy atom. The topological polar surface area (TPSA) is 113 Å². The number of hydrogen-bond donors (Lipinski definition) is 5. The van der Waals surface area contributed by atoms with Crippen molar-refractivity contribution >= 4 is 5.97 Å². The molecule has 9 atom stereocenters. The van der Waals surface area contributed by atoms with E-state index in [1.54, 1.807) is 0 Å². The van der Waals surface area contributed by atoms with Crippen molar-refractivity contribution in [2.45, 2.75) is 122 Å². The van der Waals surface area contributed by atoms with Crippen molar-refractivity contribution < 1.29 is 9.90 Å². The van der Waals surface area contributed by atoms with E-state index in [1.807, 2.05) is 0 Å². The van der Waals surface area contributed by atoms with E-state index in [0.717, 1.165) is 63.2 Å². The lowest BCUT2D eigenvalue weighted by Gasteiger charge is -2.65. The molecule has 214 valence electrons. The fourth-order valence-corrected chi connectivity index (χ4v) is 10.1. The molecule has 0 bridgehead atoms. The van der Waals surface area contributed by atoms with Gasteiger partial charge in [-0.3, -0.25) is 4.79 Å². The zero-order chi connectivity index (χ0) is 26.7. The van der Waals surface area contributed by atoms with Crippen molar-refractivity contribution in [2.75, 3.05) is 26.2 Å². The molecular formula is C31H58N4O2. The molecule has 4 rings (SSSR count). The second-order valence-electron chi connectivity index (χ2n) is 14.1. The molecule has 4 aliphatic carbocycles. The van der Waals surface area contributed by atoms with E-state index in [-0.39, 0.29) is 11.0 Å². The Bertz CT molecular complexity index is 763. The lowest BCUT2D eigenvalue weighted by atomic mass is 9.42. The fourth-order valence-electron chi connectivity index (χ4n) is 10.1. The minimum Gasteiger partial charge on any atom is -0.481 e. The second-order valence-corrected chi connectivity index (χ2v) is 14.1. The van der Waals surface area contributed by atoms with Crippen LogP contribution in [-0.4, -0.2) is 48.8 Å². The summed E-state index contributed by atoms with van der Waals surface area (Å²) in [7, 11) is 0. The molecule has 4 aliphatic rings. The number of carboxylic acids is 1. The van der Waals surface area contributed by atoms with Crippen molar-refractivity contribution in [1.29, 1.82) is 0 Å². The zero-order valence-electron chi connectivity index (χ0n) is 24.2. The first-order valence-electron chi connectivity index (χ1n) is 15.8. The molecule has 0 amide bonds. The molecule has 0 aromatic heterocycles. The van der Waals surface area contributed by atoms with Gasteiger partial charge in [0, 0.05) is 18.0 Å². The average Bonchev–Trinajstić information content (AvgIpc) is 3.22. The summed E-state index contributed by atoms with van der Waals surface area (Å²) in [6.45, 7) is 11.5. The summed E-state index contributed by atoms with van der Waals surface area (Å²) >= 11 is 0. The molecule has 37 heavy (non-hydrogen) atoms. The Labute approximate surface area is 226 Å². The highest BCUT2D eigenvalue weighted by molar-refractivity contribution is 5.66. The summed E-state index contributed by atoms with van der Waals surface area (Å²) in [5.74, 6) is 2.93. The Morgan fingerprint density at radius 1 is 0.973 bits per heavy atom. The van der Waals surface area contributed by atoms with Crippen LogP contribution in [0.25, 0.3) is 0 Å². The van der Waals surface area contributed by atoms with Gasteiger partial charge in [0.15, 0.2) is 0 Å². The van der Waals surface area contributed by atoms with Gasteiger partial charge in [-0.2, -0.15) is 0 Å². The summed E-state index contributed by atoms with van der Waals surface area (Å²) in [4.78, 5) is 11.2. The van der Waals surface area contributed by atoms with Crippen LogP contribution in [0.3, 0.4) is 0 Å². The lowest BCUT2D eigenvalue weighted by molar-refractivity contribution is -0.138. The van der Waals surface area contributed by atoms with E-state index in [9.17, 15) is 9.90 Å². The molecule has 4 fully saturated rings. The van der Waals surface area contributed by atoms with Gasteiger partial charge in [-0.1, -0.05) is 20.8 Å². The number of fused-ring (bicyclic) bond motifs is 5. The molecule has 0 heterocycles. The highest BCUT2D eigenvalue weighted by Crippen LogP contribution is 2.68. The number of aliphatic carboxylic acids is 1.